The molecule has 27 heavy (non-hydrogen) atoms. The lowest BCUT2D eigenvalue weighted by Crippen LogP contribution is -2.23. The molecule has 0 heterocycles. The van der Waals surface area contributed by atoms with Crippen LogP contribution in [0.2, 0.25) is 0 Å². The minimum absolute atomic E-state index is 0.0549. The van der Waals surface area contributed by atoms with Crippen molar-refractivity contribution in [3.8, 4) is 0 Å². The molecule has 0 radical (unpaired) electrons. The first kappa shape index (κ1) is 26.5. The van der Waals surface area contributed by atoms with Crippen molar-refractivity contribution in [1.29, 1.82) is 0 Å². The fourth-order valence-electron chi connectivity index (χ4n) is 2.71. The molecule has 1 unspecified atom stereocenters. The van der Waals surface area contributed by atoms with Crippen LogP contribution in [0.25, 0.3) is 0 Å². The number of allylic oxidation sites excluding steroid dienone is 4. The van der Waals surface area contributed by atoms with E-state index in [1.807, 2.05) is 0 Å². The van der Waals surface area contributed by atoms with Gasteiger partial charge in [-0.1, -0.05) is 36.1 Å². The van der Waals surface area contributed by atoms with Gasteiger partial charge in [0.25, 0.3) is 10.1 Å². The summed E-state index contributed by atoms with van der Waals surface area (Å²) < 4.78 is 55.8. The van der Waals surface area contributed by atoms with Crippen LogP contribution < -0.4 is 0 Å². The van der Waals surface area contributed by atoms with E-state index < -0.39 is 22.7 Å². The Labute approximate surface area is 165 Å². The molecule has 0 rings (SSSR count). The summed E-state index contributed by atoms with van der Waals surface area (Å²) in [5.41, 5.74) is 2.67. The molecular formula is C19H37O6PS. The summed E-state index contributed by atoms with van der Waals surface area (Å²) in [6.45, 7) is 9.63. The van der Waals surface area contributed by atoms with Crippen LogP contribution in [0.3, 0.4) is 0 Å². The Morgan fingerprint density at radius 3 is 2.07 bits per heavy atom. The second-order valence-electron chi connectivity index (χ2n) is 6.85. The fraction of sp³-hybridized carbons (Fsp3) is 0.789. The number of unbranched alkanes of at least 4 members (excludes halogenated alkanes) is 3. The van der Waals surface area contributed by atoms with E-state index in [1.54, 1.807) is 13.8 Å². The molecule has 0 spiro atoms. The Morgan fingerprint density at radius 1 is 1.00 bits per heavy atom. The molecule has 0 amide bonds. The lowest BCUT2D eigenvalue weighted by Gasteiger charge is -2.24. The first-order valence-corrected chi connectivity index (χ1v) is 12.8. The topological polar surface area (TPSA) is 89.9 Å². The van der Waals surface area contributed by atoms with Gasteiger partial charge in [-0.15, -0.1) is 0 Å². The zero-order valence-corrected chi connectivity index (χ0v) is 19.2. The Morgan fingerprint density at radius 2 is 1.59 bits per heavy atom. The highest BCUT2D eigenvalue weighted by molar-refractivity contribution is 7.94. The quantitative estimate of drug-likeness (QED) is 0.148. The van der Waals surface area contributed by atoms with Crippen molar-refractivity contribution in [3.63, 3.8) is 0 Å². The summed E-state index contributed by atoms with van der Waals surface area (Å²) in [7, 11) is -8.42. The van der Waals surface area contributed by atoms with Gasteiger partial charge in [-0.25, -0.2) is 0 Å². The summed E-state index contributed by atoms with van der Waals surface area (Å²) >= 11 is 0. The number of rotatable bonds is 15. The van der Waals surface area contributed by atoms with Gasteiger partial charge in [0.1, 0.15) is 0 Å². The van der Waals surface area contributed by atoms with E-state index in [1.165, 1.54) is 11.1 Å². The normalized spacial score (nSPS) is 14.2. The third kappa shape index (κ3) is 11.9. The van der Waals surface area contributed by atoms with Crippen molar-refractivity contribution >= 4 is 17.7 Å². The van der Waals surface area contributed by atoms with E-state index in [0.717, 1.165) is 32.1 Å². The van der Waals surface area contributed by atoms with Gasteiger partial charge in [-0.2, -0.15) is 8.42 Å². The van der Waals surface area contributed by atoms with Crippen LogP contribution in [-0.2, 0) is 23.7 Å². The second kappa shape index (κ2) is 13.7. The summed E-state index contributed by atoms with van der Waals surface area (Å²) in [5.74, 6) is 0. The van der Waals surface area contributed by atoms with Crippen molar-refractivity contribution in [3.05, 3.63) is 23.3 Å². The minimum atomic E-state index is -4.52. The monoisotopic (exact) mass is 424 g/mol. The molecule has 0 saturated heterocycles. The lowest BCUT2D eigenvalue weighted by atomic mass is 10.1. The van der Waals surface area contributed by atoms with Gasteiger partial charge in [0, 0.05) is 0 Å². The molecule has 8 heteroatoms. The third-order valence-electron chi connectivity index (χ3n) is 4.05. The van der Waals surface area contributed by atoms with Crippen molar-refractivity contribution in [1.82, 2.24) is 0 Å². The Bertz CT molecular complexity index is 610. The summed E-state index contributed by atoms with van der Waals surface area (Å²) in [5, 5.41) is 0. The zero-order valence-electron chi connectivity index (χ0n) is 17.4. The molecule has 0 fully saturated rings. The molecule has 0 saturated carbocycles. The second-order valence-corrected chi connectivity index (χ2v) is 11.0. The smallest absolute Gasteiger partial charge is 0.308 e. The highest BCUT2D eigenvalue weighted by Crippen LogP contribution is 2.56. The van der Waals surface area contributed by atoms with E-state index in [4.69, 9.17) is 9.05 Å². The van der Waals surface area contributed by atoms with Gasteiger partial charge in [-0.3, -0.25) is 9.12 Å². The molecular weight excluding hydrogens is 387 g/mol. The summed E-state index contributed by atoms with van der Waals surface area (Å²) in [4.78, 5) is -1.52. The van der Waals surface area contributed by atoms with Gasteiger partial charge in [0.15, 0.2) is 4.99 Å². The Kier molecular flexibility index (Phi) is 13.4. The first-order valence-electron chi connectivity index (χ1n) is 9.70. The van der Waals surface area contributed by atoms with Gasteiger partial charge >= 0.3 is 7.60 Å². The van der Waals surface area contributed by atoms with E-state index in [-0.39, 0.29) is 19.6 Å². The van der Waals surface area contributed by atoms with Crippen molar-refractivity contribution in [2.75, 3.05) is 13.2 Å². The molecule has 1 N–H and O–H groups in total. The predicted octanol–water partition coefficient (Wildman–Crippen LogP) is 6.11. The third-order valence-corrected chi connectivity index (χ3v) is 8.75. The van der Waals surface area contributed by atoms with E-state index in [2.05, 4.69) is 32.9 Å². The Balaban J connectivity index is 4.52. The number of hydrogen-bond donors (Lipinski definition) is 1. The predicted molar refractivity (Wildman–Crippen MR) is 112 cm³/mol. The van der Waals surface area contributed by atoms with Crippen LogP contribution in [-0.4, -0.2) is 31.2 Å². The van der Waals surface area contributed by atoms with Crippen molar-refractivity contribution < 1.29 is 26.6 Å². The maximum absolute atomic E-state index is 12.7. The van der Waals surface area contributed by atoms with Gasteiger partial charge < -0.3 is 9.05 Å². The standard InChI is InChI=1S/C19H37O6PS/c1-6-24-26(20,25-7-2)19(27(21,22)23)16-11-9-8-10-14-18(5)15-12-13-17(3)4/h13-14,19H,6-12,15-16H2,1-5H3,(H,21,22,23)/b18-14+. The first-order chi connectivity index (χ1) is 12.6. The largest absolute Gasteiger partial charge is 0.351 e. The SMILES string of the molecule is CCOP(=O)(OCC)C(CCCCC/C=C(\C)CCC=C(C)C)S(=O)(=O)O. The van der Waals surface area contributed by atoms with Crippen LogP contribution in [0.4, 0.5) is 0 Å². The van der Waals surface area contributed by atoms with Crippen LogP contribution in [0, 0.1) is 0 Å². The molecule has 0 aliphatic carbocycles. The van der Waals surface area contributed by atoms with Crippen LogP contribution in [0.1, 0.15) is 79.6 Å². The van der Waals surface area contributed by atoms with Crippen molar-refractivity contribution in [2.45, 2.75) is 84.6 Å². The fourth-order valence-corrected chi connectivity index (χ4v) is 6.47. The van der Waals surface area contributed by atoms with Crippen LogP contribution in [0.5, 0.6) is 0 Å². The summed E-state index contributed by atoms with van der Waals surface area (Å²) in [6, 6.07) is 0. The number of hydrogen-bond acceptors (Lipinski definition) is 5. The molecule has 0 bridgehead atoms. The van der Waals surface area contributed by atoms with E-state index in [0.29, 0.717) is 6.42 Å². The minimum Gasteiger partial charge on any atom is -0.308 e. The average Bonchev–Trinajstić information content (AvgIpc) is 2.52. The molecule has 6 nitrogen and oxygen atoms in total. The molecule has 0 aromatic carbocycles. The summed E-state index contributed by atoms with van der Waals surface area (Å²) in [6.07, 6.45) is 9.72. The van der Waals surface area contributed by atoms with Crippen LogP contribution in [0.15, 0.2) is 23.3 Å². The van der Waals surface area contributed by atoms with Gasteiger partial charge in [0.05, 0.1) is 13.2 Å². The maximum Gasteiger partial charge on any atom is 0.351 e. The van der Waals surface area contributed by atoms with Gasteiger partial charge in [0.2, 0.25) is 0 Å². The molecule has 0 aromatic heterocycles. The molecule has 160 valence electrons. The average molecular weight is 425 g/mol. The Hall–Kier alpha value is -0.460. The molecule has 0 aliphatic heterocycles. The van der Waals surface area contributed by atoms with Crippen molar-refractivity contribution in [2.24, 2.45) is 0 Å². The van der Waals surface area contributed by atoms with Gasteiger partial charge in [-0.05, 0) is 66.7 Å². The van der Waals surface area contributed by atoms with E-state index >= 15 is 0 Å². The lowest BCUT2D eigenvalue weighted by molar-refractivity contribution is 0.215. The highest BCUT2D eigenvalue weighted by atomic mass is 32.2. The molecule has 0 aromatic rings. The zero-order chi connectivity index (χ0) is 20.9. The van der Waals surface area contributed by atoms with Crippen LogP contribution >= 0.6 is 7.60 Å². The highest BCUT2D eigenvalue weighted by Gasteiger charge is 2.43. The van der Waals surface area contributed by atoms with E-state index in [9.17, 15) is 17.5 Å². The maximum atomic E-state index is 12.7. The molecule has 1 atom stereocenters. The molecule has 0 aliphatic rings.